The van der Waals surface area contributed by atoms with E-state index in [1.807, 2.05) is 0 Å². The molecule has 0 saturated heterocycles. The van der Waals surface area contributed by atoms with Crippen molar-refractivity contribution in [2.45, 2.75) is 34.1 Å². The zero-order chi connectivity index (χ0) is 13.7. The zero-order valence-electron chi connectivity index (χ0n) is 11.9. The summed E-state index contributed by atoms with van der Waals surface area (Å²) in [6.07, 6.45) is 0.861. The molecule has 1 heterocycles. The smallest absolute Gasteiger partial charge is 0.136 e. The van der Waals surface area contributed by atoms with Crippen molar-refractivity contribution in [1.29, 1.82) is 0 Å². The fourth-order valence-corrected chi connectivity index (χ4v) is 2.83. The molecule has 0 spiro atoms. The minimum Gasteiger partial charge on any atom is -0.456 e. The van der Waals surface area contributed by atoms with Crippen LogP contribution in [0.25, 0.3) is 0 Å². The quantitative estimate of drug-likeness (QED) is 0.609. The first kappa shape index (κ1) is 12.1. The molecule has 2 aromatic rings. The number of para-hydroxylation sites is 1. The summed E-state index contributed by atoms with van der Waals surface area (Å²) in [4.78, 5) is 0. The second-order valence-electron chi connectivity index (χ2n) is 5.44. The number of anilines is 1. The minimum absolute atomic E-state index is 0.861. The lowest BCUT2D eigenvalue weighted by Gasteiger charge is -2.27. The summed E-state index contributed by atoms with van der Waals surface area (Å²) in [7, 11) is 0. The average molecular weight is 253 g/mol. The molecule has 2 N–H and O–H groups in total. The Kier molecular flexibility index (Phi) is 2.56. The predicted octanol–water partition coefficient (Wildman–Crippen LogP) is 4.20. The average Bonchev–Trinajstić information content (AvgIpc) is 2.42. The number of nitrogens with two attached hydrogens (primary N) is 1. The predicted molar refractivity (Wildman–Crippen MR) is 79.1 cm³/mol. The molecule has 0 aliphatic carbocycles. The van der Waals surface area contributed by atoms with Gasteiger partial charge in [0.15, 0.2) is 0 Å². The maximum absolute atomic E-state index is 6.29. The van der Waals surface area contributed by atoms with Gasteiger partial charge in [0.25, 0.3) is 0 Å². The van der Waals surface area contributed by atoms with Crippen LogP contribution in [0, 0.1) is 27.7 Å². The molecule has 3 rings (SSSR count). The van der Waals surface area contributed by atoms with Crippen LogP contribution in [0.1, 0.15) is 33.4 Å². The van der Waals surface area contributed by atoms with E-state index in [1.54, 1.807) is 0 Å². The molecule has 0 bridgehead atoms. The first-order chi connectivity index (χ1) is 9.00. The largest absolute Gasteiger partial charge is 0.456 e. The highest BCUT2D eigenvalue weighted by Gasteiger charge is 2.24. The summed E-state index contributed by atoms with van der Waals surface area (Å²) in [6.45, 7) is 8.40. The van der Waals surface area contributed by atoms with Crippen LogP contribution in [0.5, 0.6) is 11.5 Å². The van der Waals surface area contributed by atoms with Crippen molar-refractivity contribution in [3.63, 3.8) is 0 Å². The second kappa shape index (κ2) is 4.02. The normalized spacial score (nSPS) is 12.6. The van der Waals surface area contributed by atoms with Crippen molar-refractivity contribution in [3.05, 3.63) is 51.6 Å². The molecule has 2 aromatic carbocycles. The molecule has 0 saturated carbocycles. The first-order valence-corrected chi connectivity index (χ1v) is 6.65. The number of aryl methyl sites for hydroxylation is 1. The molecule has 1 aliphatic heterocycles. The third-order valence-electron chi connectivity index (χ3n) is 4.33. The monoisotopic (exact) mass is 253 g/mol. The highest BCUT2D eigenvalue weighted by atomic mass is 16.5. The lowest BCUT2D eigenvalue weighted by molar-refractivity contribution is 0.452. The standard InChI is InChI=1S/C17H19NO/c1-9-6-5-7-13-8-14-15(18)11(3)10(2)12(4)17(14)19-16(9)13/h5-7H,8,18H2,1-4H3. The number of rotatable bonds is 0. The molecule has 1 aliphatic rings. The molecule has 0 atom stereocenters. The van der Waals surface area contributed by atoms with Crippen LogP contribution >= 0.6 is 0 Å². The number of fused-ring (bicyclic) bond motifs is 2. The molecular formula is C17H19NO. The van der Waals surface area contributed by atoms with E-state index >= 15 is 0 Å². The first-order valence-electron chi connectivity index (χ1n) is 6.65. The van der Waals surface area contributed by atoms with Crippen LogP contribution in [-0.4, -0.2) is 0 Å². The third kappa shape index (κ3) is 1.63. The Morgan fingerprint density at radius 1 is 0.947 bits per heavy atom. The highest BCUT2D eigenvalue weighted by Crippen LogP contribution is 2.44. The molecule has 98 valence electrons. The van der Waals surface area contributed by atoms with Gasteiger partial charge in [-0.2, -0.15) is 0 Å². The topological polar surface area (TPSA) is 35.2 Å². The van der Waals surface area contributed by atoms with Crippen LogP contribution < -0.4 is 10.5 Å². The Labute approximate surface area is 114 Å². The lowest BCUT2D eigenvalue weighted by Crippen LogP contribution is -2.11. The van der Waals surface area contributed by atoms with Gasteiger partial charge in [-0.15, -0.1) is 0 Å². The number of benzene rings is 2. The van der Waals surface area contributed by atoms with Crippen molar-refractivity contribution >= 4 is 5.69 Å². The van der Waals surface area contributed by atoms with Gasteiger partial charge in [0.2, 0.25) is 0 Å². The van der Waals surface area contributed by atoms with Crippen molar-refractivity contribution in [1.82, 2.24) is 0 Å². The number of hydrogen-bond donors (Lipinski definition) is 1. The van der Waals surface area contributed by atoms with Gasteiger partial charge in [0.1, 0.15) is 11.5 Å². The maximum atomic E-state index is 6.29. The fourth-order valence-electron chi connectivity index (χ4n) is 2.83. The molecule has 0 fully saturated rings. The van der Waals surface area contributed by atoms with Gasteiger partial charge >= 0.3 is 0 Å². The molecule has 2 nitrogen and oxygen atoms in total. The fraction of sp³-hybridized carbons (Fsp3) is 0.294. The zero-order valence-corrected chi connectivity index (χ0v) is 11.9. The van der Waals surface area contributed by atoms with Gasteiger partial charge in [-0.1, -0.05) is 18.2 Å². The van der Waals surface area contributed by atoms with E-state index in [4.69, 9.17) is 10.5 Å². The van der Waals surface area contributed by atoms with E-state index in [9.17, 15) is 0 Å². The van der Waals surface area contributed by atoms with Gasteiger partial charge in [0.05, 0.1) is 0 Å². The van der Waals surface area contributed by atoms with Crippen LogP contribution in [0.15, 0.2) is 18.2 Å². The maximum Gasteiger partial charge on any atom is 0.136 e. The van der Waals surface area contributed by atoms with Crippen molar-refractivity contribution in [2.24, 2.45) is 0 Å². The van der Waals surface area contributed by atoms with Gasteiger partial charge in [0, 0.05) is 17.7 Å². The van der Waals surface area contributed by atoms with Crippen LogP contribution in [0.2, 0.25) is 0 Å². The van der Waals surface area contributed by atoms with Gasteiger partial charge in [-0.05, 0) is 55.5 Å². The van der Waals surface area contributed by atoms with Crippen molar-refractivity contribution in [3.8, 4) is 11.5 Å². The van der Waals surface area contributed by atoms with Crippen LogP contribution in [0.3, 0.4) is 0 Å². The van der Waals surface area contributed by atoms with E-state index < -0.39 is 0 Å². The van der Waals surface area contributed by atoms with Gasteiger partial charge in [-0.25, -0.2) is 0 Å². The Hall–Kier alpha value is -1.96. The van der Waals surface area contributed by atoms with Crippen LogP contribution in [0.4, 0.5) is 5.69 Å². The molecule has 0 aromatic heterocycles. The molecule has 0 radical (unpaired) electrons. The summed E-state index contributed by atoms with van der Waals surface area (Å²) in [5, 5.41) is 0. The molecule has 0 amide bonds. The second-order valence-corrected chi connectivity index (χ2v) is 5.44. The Morgan fingerprint density at radius 2 is 1.68 bits per heavy atom. The van der Waals surface area contributed by atoms with Crippen molar-refractivity contribution in [2.75, 3.05) is 5.73 Å². The van der Waals surface area contributed by atoms with Gasteiger partial charge < -0.3 is 10.5 Å². The summed E-state index contributed by atoms with van der Waals surface area (Å²) < 4.78 is 6.18. The summed E-state index contributed by atoms with van der Waals surface area (Å²) in [6, 6.07) is 6.28. The van der Waals surface area contributed by atoms with Crippen molar-refractivity contribution < 1.29 is 4.74 Å². The summed E-state index contributed by atoms with van der Waals surface area (Å²) in [5.74, 6) is 1.96. The number of nitrogen functional groups attached to an aromatic ring is 1. The summed E-state index contributed by atoms with van der Waals surface area (Å²) in [5.41, 5.74) is 14.3. The van der Waals surface area contributed by atoms with E-state index in [2.05, 4.69) is 45.9 Å². The van der Waals surface area contributed by atoms with E-state index in [-0.39, 0.29) is 0 Å². The number of hydrogen-bond acceptors (Lipinski definition) is 2. The van der Waals surface area contributed by atoms with Crippen LogP contribution in [-0.2, 0) is 6.42 Å². The van der Waals surface area contributed by atoms with E-state index in [0.29, 0.717) is 0 Å². The third-order valence-corrected chi connectivity index (χ3v) is 4.33. The Balaban J connectivity index is 2.26. The Bertz CT molecular complexity index is 686. The lowest BCUT2D eigenvalue weighted by atomic mass is 9.90. The van der Waals surface area contributed by atoms with Gasteiger partial charge in [-0.3, -0.25) is 0 Å². The number of ether oxygens (including phenoxy) is 1. The molecule has 2 heteroatoms. The van der Waals surface area contributed by atoms with E-state index in [1.165, 1.54) is 27.8 Å². The molecule has 19 heavy (non-hydrogen) atoms. The molecule has 0 unspecified atom stereocenters. The SMILES string of the molecule is Cc1cccc2c1Oc1c(C)c(C)c(C)c(N)c1C2. The Morgan fingerprint density at radius 3 is 2.42 bits per heavy atom. The highest BCUT2D eigenvalue weighted by molar-refractivity contribution is 5.69. The van der Waals surface area contributed by atoms with E-state index in [0.717, 1.165) is 29.2 Å². The molecular weight excluding hydrogens is 234 g/mol. The minimum atomic E-state index is 0.861. The summed E-state index contributed by atoms with van der Waals surface area (Å²) >= 11 is 0.